The van der Waals surface area contributed by atoms with E-state index in [4.69, 9.17) is 5.73 Å². The van der Waals surface area contributed by atoms with Gasteiger partial charge in [-0.25, -0.2) is 9.37 Å². The van der Waals surface area contributed by atoms with Crippen molar-refractivity contribution in [1.82, 2.24) is 10.3 Å². The number of carbonyl (C=O) groups excluding carboxylic acids is 1. The Labute approximate surface area is 124 Å². The molecule has 0 aliphatic heterocycles. The fraction of sp³-hybridized carbons (Fsp3) is 0.143. The molecular weight excluding hydrogens is 325 g/mol. The van der Waals surface area contributed by atoms with Crippen LogP contribution in [0, 0.1) is 5.82 Å². The van der Waals surface area contributed by atoms with Crippen molar-refractivity contribution < 1.29 is 9.18 Å². The summed E-state index contributed by atoms with van der Waals surface area (Å²) < 4.78 is 14.0. The van der Waals surface area contributed by atoms with Gasteiger partial charge < -0.3 is 11.1 Å². The number of rotatable bonds is 3. The third kappa shape index (κ3) is 3.33. The van der Waals surface area contributed by atoms with Crippen molar-refractivity contribution in [2.24, 2.45) is 0 Å². The normalized spacial score (nSPS) is 11.9. The van der Waals surface area contributed by atoms with Gasteiger partial charge in [-0.2, -0.15) is 0 Å². The fourth-order valence-corrected chi connectivity index (χ4v) is 2.18. The Morgan fingerprint density at radius 2 is 2.20 bits per heavy atom. The average Bonchev–Trinajstić information content (AvgIpc) is 2.41. The lowest BCUT2D eigenvalue weighted by atomic mass is 10.1. The molecule has 3 N–H and O–H groups in total. The molecule has 0 aliphatic carbocycles. The predicted octanol–water partition coefficient (Wildman–Crippen LogP) is 3.06. The van der Waals surface area contributed by atoms with Crippen molar-refractivity contribution in [2.45, 2.75) is 13.0 Å². The van der Waals surface area contributed by atoms with Crippen LogP contribution in [0.3, 0.4) is 0 Å². The SMILES string of the molecule is CC(NC(=O)c1cc(F)cnc1N)c1cccc(Br)c1. The highest BCUT2D eigenvalue weighted by molar-refractivity contribution is 9.10. The summed E-state index contributed by atoms with van der Waals surface area (Å²) in [7, 11) is 0. The molecule has 0 bridgehead atoms. The topological polar surface area (TPSA) is 68.0 Å². The Hall–Kier alpha value is -1.95. The first-order chi connectivity index (χ1) is 9.47. The van der Waals surface area contributed by atoms with Gasteiger partial charge in [-0.15, -0.1) is 0 Å². The van der Waals surface area contributed by atoms with Gasteiger partial charge in [0, 0.05) is 4.47 Å². The Bertz CT molecular complexity index is 648. The average molecular weight is 338 g/mol. The number of nitrogen functional groups attached to an aromatic ring is 1. The molecule has 1 heterocycles. The summed E-state index contributed by atoms with van der Waals surface area (Å²) >= 11 is 3.37. The summed E-state index contributed by atoms with van der Waals surface area (Å²) in [6, 6.07) is 8.40. The van der Waals surface area contributed by atoms with Crippen LogP contribution in [0.25, 0.3) is 0 Å². The molecule has 6 heteroatoms. The number of anilines is 1. The lowest BCUT2D eigenvalue weighted by Crippen LogP contribution is -2.27. The van der Waals surface area contributed by atoms with Crippen molar-refractivity contribution in [1.29, 1.82) is 0 Å². The van der Waals surface area contributed by atoms with Crippen LogP contribution < -0.4 is 11.1 Å². The number of pyridine rings is 1. The second-order valence-electron chi connectivity index (χ2n) is 4.34. The number of nitrogens with one attached hydrogen (secondary N) is 1. The standard InChI is InChI=1S/C14H13BrFN3O/c1-8(9-3-2-4-10(15)5-9)19-14(20)12-6-11(16)7-18-13(12)17/h2-8H,1H3,(H2,17,18)(H,19,20). The van der Waals surface area contributed by atoms with Crippen molar-refractivity contribution >= 4 is 27.7 Å². The molecule has 0 spiro atoms. The number of benzene rings is 1. The quantitative estimate of drug-likeness (QED) is 0.904. The van der Waals surface area contributed by atoms with Crippen molar-refractivity contribution in [3.63, 3.8) is 0 Å². The van der Waals surface area contributed by atoms with E-state index in [0.29, 0.717) is 0 Å². The highest BCUT2D eigenvalue weighted by Crippen LogP contribution is 2.19. The van der Waals surface area contributed by atoms with Crippen LogP contribution in [0.2, 0.25) is 0 Å². The molecule has 1 unspecified atom stereocenters. The van der Waals surface area contributed by atoms with Crippen LogP contribution in [-0.4, -0.2) is 10.9 Å². The van der Waals surface area contributed by atoms with Crippen LogP contribution in [0.1, 0.15) is 28.9 Å². The van der Waals surface area contributed by atoms with E-state index >= 15 is 0 Å². The zero-order chi connectivity index (χ0) is 14.7. The van der Waals surface area contributed by atoms with E-state index < -0.39 is 11.7 Å². The van der Waals surface area contributed by atoms with Crippen LogP contribution in [0.4, 0.5) is 10.2 Å². The van der Waals surface area contributed by atoms with E-state index in [-0.39, 0.29) is 17.4 Å². The smallest absolute Gasteiger partial charge is 0.255 e. The summed E-state index contributed by atoms with van der Waals surface area (Å²) in [6.45, 7) is 1.84. The number of carbonyl (C=O) groups is 1. The molecule has 1 atom stereocenters. The maximum atomic E-state index is 13.1. The molecule has 0 fully saturated rings. The van der Waals surface area contributed by atoms with E-state index in [1.54, 1.807) is 0 Å². The van der Waals surface area contributed by atoms with Gasteiger partial charge in [0.1, 0.15) is 11.6 Å². The van der Waals surface area contributed by atoms with Gasteiger partial charge in [0.05, 0.1) is 17.8 Å². The largest absolute Gasteiger partial charge is 0.383 e. The third-order valence-corrected chi connectivity index (χ3v) is 3.32. The molecule has 20 heavy (non-hydrogen) atoms. The number of hydrogen-bond donors (Lipinski definition) is 2. The lowest BCUT2D eigenvalue weighted by molar-refractivity contribution is 0.0940. The fourth-order valence-electron chi connectivity index (χ4n) is 1.77. The Morgan fingerprint density at radius 3 is 2.90 bits per heavy atom. The first kappa shape index (κ1) is 14.5. The van der Waals surface area contributed by atoms with E-state index in [0.717, 1.165) is 22.3 Å². The maximum absolute atomic E-state index is 13.1. The molecule has 4 nitrogen and oxygen atoms in total. The number of halogens is 2. The summed E-state index contributed by atoms with van der Waals surface area (Å²) in [5.74, 6) is -1.05. The molecule has 2 aromatic rings. The van der Waals surface area contributed by atoms with Crippen molar-refractivity contribution in [2.75, 3.05) is 5.73 Å². The highest BCUT2D eigenvalue weighted by atomic mass is 79.9. The zero-order valence-corrected chi connectivity index (χ0v) is 12.3. The first-order valence-electron chi connectivity index (χ1n) is 5.94. The number of nitrogens with two attached hydrogens (primary N) is 1. The zero-order valence-electron chi connectivity index (χ0n) is 10.7. The third-order valence-electron chi connectivity index (χ3n) is 2.83. The van der Waals surface area contributed by atoms with Crippen LogP contribution in [-0.2, 0) is 0 Å². The van der Waals surface area contributed by atoms with E-state index in [1.165, 1.54) is 0 Å². The van der Waals surface area contributed by atoms with Gasteiger partial charge in [0.25, 0.3) is 5.91 Å². The van der Waals surface area contributed by atoms with Gasteiger partial charge in [0.15, 0.2) is 0 Å². The number of hydrogen-bond acceptors (Lipinski definition) is 3. The lowest BCUT2D eigenvalue weighted by Gasteiger charge is -2.15. The van der Waals surface area contributed by atoms with Gasteiger partial charge in [-0.05, 0) is 30.7 Å². The summed E-state index contributed by atoms with van der Waals surface area (Å²) in [6.07, 6.45) is 0.976. The molecule has 0 radical (unpaired) electrons. The molecule has 1 amide bonds. The Morgan fingerprint density at radius 1 is 1.45 bits per heavy atom. The summed E-state index contributed by atoms with van der Waals surface area (Å²) in [5.41, 5.74) is 6.54. The van der Waals surface area contributed by atoms with Gasteiger partial charge in [0.2, 0.25) is 0 Å². The maximum Gasteiger partial charge on any atom is 0.255 e. The molecule has 0 aliphatic rings. The second-order valence-corrected chi connectivity index (χ2v) is 5.25. The van der Waals surface area contributed by atoms with E-state index in [9.17, 15) is 9.18 Å². The molecule has 2 rings (SSSR count). The molecule has 0 saturated heterocycles. The minimum Gasteiger partial charge on any atom is -0.383 e. The number of aromatic nitrogens is 1. The van der Waals surface area contributed by atoms with Gasteiger partial charge >= 0.3 is 0 Å². The Kier molecular flexibility index (Phi) is 4.34. The molecule has 104 valence electrons. The monoisotopic (exact) mass is 337 g/mol. The van der Waals surface area contributed by atoms with E-state index in [1.807, 2.05) is 31.2 Å². The summed E-state index contributed by atoms with van der Waals surface area (Å²) in [5, 5.41) is 2.76. The van der Waals surface area contributed by atoms with E-state index in [2.05, 4.69) is 26.2 Å². The van der Waals surface area contributed by atoms with Gasteiger partial charge in [-0.1, -0.05) is 28.1 Å². The minimum atomic E-state index is -0.598. The van der Waals surface area contributed by atoms with Crippen LogP contribution in [0.5, 0.6) is 0 Å². The summed E-state index contributed by atoms with van der Waals surface area (Å²) in [4.78, 5) is 15.7. The van der Waals surface area contributed by atoms with Gasteiger partial charge in [-0.3, -0.25) is 4.79 Å². The van der Waals surface area contributed by atoms with Crippen LogP contribution >= 0.6 is 15.9 Å². The Balaban J connectivity index is 2.17. The molecular formula is C14H13BrFN3O. The number of nitrogens with zero attached hydrogens (tertiary/aromatic N) is 1. The van der Waals surface area contributed by atoms with Crippen molar-refractivity contribution in [3.05, 3.63) is 57.9 Å². The molecule has 1 aromatic carbocycles. The minimum absolute atomic E-state index is 0.00495. The predicted molar refractivity (Wildman–Crippen MR) is 78.6 cm³/mol. The van der Waals surface area contributed by atoms with Crippen LogP contribution in [0.15, 0.2) is 41.0 Å². The number of amides is 1. The first-order valence-corrected chi connectivity index (χ1v) is 6.74. The van der Waals surface area contributed by atoms with Crippen molar-refractivity contribution in [3.8, 4) is 0 Å². The molecule has 1 aromatic heterocycles. The highest BCUT2D eigenvalue weighted by Gasteiger charge is 2.15. The second kappa shape index (κ2) is 6.00. The molecule has 0 saturated carbocycles.